The normalized spacial score (nSPS) is 14.5. The first-order chi connectivity index (χ1) is 14.7. The highest BCUT2D eigenvalue weighted by Gasteiger charge is 2.19. The Morgan fingerprint density at radius 1 is 1.23 bits per heavy atom. The van der Waals surface area contributed by atoms with Crippen molar-refractivity contribution in [3.8, 4) is 0 Å². The predicted molar refractivity (Wildman–Crippen MR) is 119 cm³/mol. The van der Waals surface area contributed by atoms with E-state index < -0.39 is 0 Å². The molecule has 30 heavy (non-hydrogen) atoms. The Morgan fingerprint density at radius 3 is 2.80 bits per heavy atom. The first kappa shape index (κ1) is 20.4. The number of carbonyl (C=O) groups is 1. The molecule has 3 aromatic rings. The number of nitrogens with one attached hydrogen (secondary N) is 1. The molecule has 1 amide bonds. The van der Waals surface area contributed by atoms with Crippen molar-refractivity contribution < 1.29 is 9.53 Å². The fourth-order valence-corrected chi connectivity index (χ4v) is 3.63. The lowest BCUT2D eigenvalue weighted by molar-refractivity contribution is -0.116. The average Bonchev–Trinajstić information content (AvgIpc) is 3.21. The summed E-state index contributed by atoms with van der Waals surface area (Å²) in [5, 5.41) is 9.02. The fraction of sp³-hybridized carbons (Fsp3) is 0.333. The number of hydrogen-bond acceptors (Lipinski definition) is 7. The predicted octanol–water partition coefficient (Wildman–Crippen LogP) is 2.21. The number of thioether (sulfide) groups is 1. The zero-order valence-electron chi connectivity index (χ0n) is 16.8. The number of ether oxygens (including phenoxy) is 1. The number of amides is 1. The second kappa shape index (κ2) is 9.73. The molecular formula is C21H24N6O2S. The lowest BCUT2D eigenvalue weighted by Gasteiger charge is -2.28. The van der Waals surface area contributed by atoms with Gasteiger partial charge in [-0.05, 0) is 17.9 Å². The van der Waals surface area contributed by atoms with E-state index in [4.69, 9.17) is 9.72 Å². The lowest BCUT2D eigenvalue weighted by Crippen LogP contribution is -2.37. The smallest absolute Gasteiger partial charge is 0.244 e. The monoisotopic (exact) mass is 424 g/mol. The second-order valence-corrected chi connectivity index (χ2v) is 7.55. The van der Waals surface area contributed by atoms with E-state index in [1.165, 1.54) is 11.8 Å². The van der Waals surface area contributed by atoms with Gasteiger partial charge in [0.15, 0.2) is 10.8 Å². The molecule has 1 aliphatic rings. The van der Waals surface area contributed by atoms with E-state index >= 15 is 0 Å². The number of anilines is 1. The molecule has 3 heterocycles. The maximum Gasteiger partial charge on any atom is 0.244 e. The van der Waals surface area contributed by atoms with Crippen molar-refractivity contribution in [2.45, 2.75) is 11.7 Å². The van der Waals surface area contributed by atoms with Crippen LogP contribution in [0, 0.1) is 0 Å². The molecule has 0 saturated carbocycles. The molecule has 0 bridgehead atoms. The van der Waals surface area contributed by atoms with E-state index in [2.05, 4.69) is 20.3 Å². The number of rotatable bonds is 7. The summed E-state index contributed by atoms with van der Waals surface area (Å²) in [6, 6.07) is 9.73. The van der Waals surface area contributed by atoms with Crippen molar-refractivity contribution in [3.05, 3.63) is 48.2 Å². The Morgan fingerprint density at radius 2 is 2.03 bits per heavy atom. The minimum absolute atomic E-state index is 0.135. The van der Waals surface area contributed by atoms with Gasteiger partial charge in [0.2, 0.25) is 5.91 Å². The van der Waals surface area contributed by atoms with Gasteiger partial charge in [-0.25, -0.2) is 14.6 Å². The highest BCUT2D eigenvalue weighted by molar-refractivity contribution is 7.98. The van der Waals surface area contributed by atoms with Gasteiger partial charge in [-0.15, -0.1) is 0 Å². The van der Waals surface area contributed by atoms with Crippen molar-refractivity contribution in [1.29, 1.82) is 0 Å². The van der Waals surface area contributed by atoms with Crippen LogP contribution >= 0.6 is 11.8 Å². The van der Waals surface area contributed by atoms with Crippen LogP contribution in [0.15, 0.2) is 47.8 Å². The number of carbonyl (C=O) groups excluding carboxylic acids is 1. The number of aromatic nitrogens is 4. The van der Waals surface area contributed by atoms with Gasteiger partial charge in [-0.3, -0.25) is 4.79 Å². The number of fused-ring (bicyclic) bond motifs is 1. The Labute approximate surface area is 179 Å². The molecule has 156 valence electrons. The van der Waals surface area contributed by atoms with Gasteiger partial charge in [0.05, 0.1) is 31.3 Å². The van der Waals surface area contributed by atoms with Gasteiger partial charge < -0.3 is 15.0 Å². The third kappa shape index (κ3) is 4.80. The van der Waals surface area contributed by atoms with E-state index in [1.54, 1.807) is 18.3 Å². The van der Waals surface area contributed by atoms with Gasteiger partial charge in [-0.1, -0.05) is 42.1 Å². The number of benzene rings is 1. The van der Waals surface area contributed by atoms with Crippen LogP contribution < -0.4 is 10.2 Å². The molecule has 0 aliphatic carbocycles. The summed E-state index contributed by atoms with van der Waals surface area (Å²) in [5.41, 5.74) is 1.77. The SMILES string of the molecule is CSc1nc(N2CCOCC2)c2cnn(CCNC(=O)C=Cc3ccccc3)c2n1. The molecule has 0 spiro atoms. The fourth-order valence-electron chi connectivity index (χ4n) is 3.27. The third-order valence-corrected chi connectivity index (χ3v) is 5.35. The minimum atomic E-state index is -0.135. The molecule has 0 radical (unpaired) electrons. The summed E-state index contributed by atoms with van der Waals surface area (Å²) in [7, 11) is 0. The summed E-state index contributed by atoms with van der Waals surface area (Å²) in [5.74, 6) is 0.762. The van der Waals surface area contributed by atoms with Crippen LogP contribution in [-0.4, -0.2) is 64.8 Å². The van der Waals surface area contributed by atoms with Crippen LogP contribution in [0.4, 0.5) is 5.82 Å². The topological polar surface area (TPSA) is 85.2 Å². The highest BCUT2D eigenvalue weighted by atomic mass is 32.2. The van der Waals surface area contributed by atoms with Crippen molar-refractivity contribution in [1.82, 2.24) is 25.1 Å². The van der Waals surface area contributed by atoms with Crippen LogP contribution in [0.5, 0.6) is 0 Å². The van der Waals surface area contributed by atoms with Crippen molar-refractivity contribution >= 4 is 40.6 Å². The molecule has 9 heteroatoms. The number of hydrogen-bond donors (Lipinski definition) is 1. The summed E-state index contributed by atoms with van der Waals surface area (Å²) >= 11 is 1.51. The molecule has 1 aromatic carbocycles. The van der Waals surface area contributed by atoms with Gasteiger partial charge in [0, 0.05) is 25.7 Å². The highest BCUT2D eigenvalue weighted by Crippen LogP contribution is 2.27. The van der Waals surface area contributed by atoms with Crippen LogP contribution in [-0.2, 0) is 16.1 Å². The quantitative estimate of drug-likeness (QED) is 0.354. The Balaban J connectivity index is 1.44. The molecule has 8 nitrogen and oxygen atoms in total. The minimum Gasteiger partial charge on any atom is -0.378 e. The summed E-state index contributed by atoms with van der Waals surface area (Å²) < 4.78 is 7.28. The Kier molecular flexibility index (Phi) is 6.60. The van der Waals surface area contributed by atoms with Crippen LogP contribution in [0.1, 0.15) is 5.56 Å². The largest absolute Gasteiger partial charge is 0.378 e. The molecule has 4 rings (SSSR count). The summed E-state index contributed by atoms with van der Waals surface area (Å²) in [4.78, 5) is 23.7. The Bertz CT molecular complexity index is 1030. The van der Waals surface area contributed by atoms with Gasteiger partial charge in [0.25, 0.3) is 0 Å². The molecule has 1 N–H and O–H groups in total. The second-order valence-electron chi connectivity index (χ2n) is 6.77. The first-order valence-corrected chi connectivity index (χ1v) is 11.1. The van der Waals surface area contributed by atoms with E-state index in [9.17, 15) is 4.79 Å². The van der Waals surface area contributed by atoms with Gasteiger partial charge in [0.1, 0.15) is 5.82 Å². The van der Waals surface area contributed by atoms with Gasteiger partial charge in [-0.2, -0.15) is 5.10 Å². The van der Waals surface area contributed by atoms with Crippen LogP contribution in [0.2, 0.25) is 0 Å². The number of nitrogens with zero attached hydrogens (tertiary/aromatic N) is 5. The molecular weight excluding hydrogens is 400 g/mol. The zero-order valence-corrected chi connectivity index (χ0v) is 17.6. The van der Waals surface area contributed by atoms with E-state index in [0.29, 0.717) is 31.5 Å². The zero-order chi connectivity index (χ0) is 20.8. The van der Waals surface area contributed by atoms with Gasteiger partial charge >= 0.3 is 0 Å². The average molecular weight is 425 g/mol. The van der Waals surface area contributed by atoms with Crippen LogP contribution in [0.25, 0.3) is 17.1 Å². The summed E-state index contributed by atoms with van der Waals surface area (Å²) in [6.45, 7) is 3.97. The van der Waals surface area contributed by atoms with Crippen LogP contribution in [0.3, 0.4) is 0 Å². The molecule has 0 atom stereocenters. The lowest BCUT2D eigenvalue weighted by atomic mass is 10.2. The number of morpholine rings is 1. The Hall–Kier alpha value is -2.91. The first-order valence-electron chi connectivity index (χ1n) is 9.86. The molecule has 1 saturated heterocycles. The van der Waals surface area contributed by atoms with E-state index in [1.807, 2.05) is 41.3 Å². The molecule has 1 aliphatic heterocycles. The maximum atomic E-state index is 12.1. The van der Waals surface area contributed by atoms with E-state index in [0.717, 1.165) is 35.5 Å². The standard InChI is InChI=1S/C21H24N6O2S/c1-30-21-24-19(26-11-13-29-14-12-26)17-15-23-27(20(17)25-21)10-9-22-18(28)8-7-16-5-3-2-4-6-16/h2-8,15H,9-14H2,1H3,(H,22,28). The van der Waals surface area contributed by atoms with Crippen molar-refractivity contribution in [2.75, 3.05) is 44.0 Å². The van der Waals surface area contributed by atoms with Crippen molar-refractivity contribution in [2.24, 2.45) is 0 Å². The molecule has 0 unspecified atom stereocenters. The molecule has 2 aromatic heterocycles. The maximum absolute atomic E-state index is 12.1. The summed E-state index contributed by atoms with van der Waals surface area (Å²) in [6.07, 6.45) is 7.11. The van der Waals surface area contributed by atoms with Crippen molar-refractivity contribution in [3.63, 3.8) is 0 Å². The third-order valence-electron chi connectivity index (χ3n) is 4.80. The molecule has 1 fully saturated rings. The van der Waals surface area contributed by atoms with E-state index in [-0.39, 0.29) is 5.91 Å².